The third kappa shape index (κ3) is 5.18. The molecule has 1 aromatic heterocycles. The standard InChI is InChI=1S/C23H29ClF2N4O2/c1-13(2)8-14(23(32)27-3)9-20(31)21-19-12-29(4)6-5-7-30(19)22(28-21)15-10-16(24)18(26)11-17(15)25/h10-11,13-14H,5-9,12H2,1-4H3,(H,27,32)/t14-/m1/s1. The first-order valence-electron chi connectivity index (χ1n) is 10.8. The Hall–Kier alpha value is -2.32. The normalized spacial score (nSPS) is 15.4. The highest BCUT2D eigenvalue weighted by Crippen LogP contribution is 2.32. The van der Waals surface area contributed by atoms with Crippen molar-refractivity contribution in [1.29, 1.82) is 0 Å². The summed E-state index contributed by atoms with van der Waals surface area (Å²) >= 11 is 5.91. The van der Waals surface area contributed by atoms with Gasteiger partial charge in [0.2, 0.25) is 5.91 Å². The number of Topliss-reactive ketones (excluding diaryl/α,β-unsaturated/α-hetero) is 1. The number of imidazole rings is 1. The second-order valence-electron chi connectivity index (χ2n) is 8.79. The Morgan fingerprint density at radius 2 is 1.94 bits per heavy atom. The quantitative estimate of drug-likeness (QED) is 0.488. The van der Waals surface area contributed by atoms with Gasteiger partial charge < -0.3 is 14.8 Å². The molecule has 1 aromatic carbocycles. The van der Waals surface area contributed by atoms with Gasteiger partial charge in [0.15, 0.2) is 5.78 Å². The predicted octanol–water partition coefficient (Wildman–Crippen LogP) is 4.30. The number of nitrogens with one attached hydrogen (secondary N) is 1. The van der Waals surface area contributed by atoms with E-state index in [1.165, 1.54) is 6.07 Å². The average molecular weight is 467 g/mol. The van der Waals surface area contributed by atoms with Crippen LogP contribution >= 0.6 is 11.6 Å². The van der Waals surface area contributed by atoms with Gasteiger partial charge in [0.05, 0.1) is 16.3 Å². The van der Waals surface area contributed by atoms with Gasteiger partial charge in [-0.2, -0.15) is 0 Å². The van der Waals surface area contributed by atoms with Gasteiger partial charge in [-0.1, -0.05) is 25.4 Å². The number of hydrogen-bond donors (Lipinski definition) is 1. The van der Waals surface area contributed by atoms with E-state index in [-0.39, 0.29) is 46.1 Å². The average Bonchev–Trinajstić information content (AvgIpc) is 2.95. The first-order chi connectivity index (χ1) is 15.1. The lowest BCUT2D eigenvalue weighted by Gasteiger charge is -2.17. The van der Waals surface area contributed by atoms with Crippen molar-refractivity contribution in [3.05, 3.63) is 40.2 Å². The van der Waals surface area contributed by atoms with Crippen molar-refractivity contribution < 1.29 is 18.4 Å². The van der Waals surface area contributed by atoms with E-state index in [4.69, 9.17) is 11.6 Å². The van der Waals surface area contributed by atoms with Crippen LogP contribution in [0.4, 0.5) is 8.78 Å². The van der Waals surface area contributed by atoms with Crippen LogP contribution in [0.3, 0.4) is 0 Å². The minimum atomic E-state index is -0.853. The number of aromatic nitrogens is 2. The molecule has 174 valence electrons. The summed E-state index contributed by atoms with van der Waals surface area (Å²) in [6.07, 6.45) is 1.36. The summed E-state index contributed by atoms with van der Waals surface area (Å²) in [6, 6.07) is 1.94. The molecule has 1 aliphatic rings. The Morgan fingerprint density at radius 3 is 2.59 bits per heavy atom. The van der Waals surface area contributed by atoms with E-state index in [0.717, 1.165) is 19.0 Å². The van der Waals surface area contributed by atoms with E-state index < -0.39 is 17.6 Å². The maximum atomic E-state index is 14.7. The molecule has 0 unspecified atom stereocenters. The van der Waals surface area contributed by atoms with Crippen LogP contribution in [0.1, 0.15) is 49.3 Å². The largest absolute Gasteiger partial charge is 0.359 e. The molecule has 0 bridgehead atoms. The molecular formula is C23H29ClF2N4O2. The van der Waals surface area contributed by atoms with Crippen LogP contribution in [0, 0.1) is 23.5 Å². The first-order valence-corrected chi connectivity index (χ1v) is 11.2. The second-order valence-corrected chi connectivity index (χ2v) is 9.20. The number of ketones is 1. The molecule has 3 rings (SSSR count). The summed E-state index contributed by atoms with van der Waals surface area (Å²) in [7, 11) is 3.49. The number of carbonyl (C=O) groups excluding carboxylic acids is 2. The van der Waals surface area contributed by atoms with Crippen LogP contribution in [0.25, 0.3) is 11.4 Å². The summed E-state index contributed by atoms with van der Waals surface area (Å²) in [5, 5.41) is 2.42. The molecule has 32 heavy (non-hydrogen) atoms. The highest BCUT2D eigenvalue weighted by atomic mass is 35.5. The Bertz CT molecular complexity index is 1020. The van der Waals surface area contributed by atoms with E-state index in [9.17, 15) is 18.4 Å². The van der Waals surface area contributed by atoms with E-state index >= 15 is 0 Å². The lowest BCUT2D eigenvalue weighted by molar-refractivity contribution is -0.124. The maximum Gasteiger partial charge on any atom is 0.223 e. The van der Waals surface area contributed by atoms with Crippen molar-refractivity contribution in [2.75, 3.05) is 20.6 Å². The summed E-state index contributed by atoms with van der Waals surface area (Å²) < 4.78 is 30.2. The highest BCUT2D eigenvalue weighted by Gasteiger charge is 2.30. The Labute approximate surface area is 191 Å². The van der Waals surface area contributed by atoms with Crippen LogP contribution < -0.4 is 5.32 Å². The van der Waals surface area contributed by atoms with Gasteiger partial charge in [0.25, 0.3) is 0 Å². The van der Waals surface area contributed by atoms with Gasteiger partial charge in [-0.25, -0.2) is 13.8 Å². The number of benzene rings is 1. The molecule has 1 atom stereocenters. The number of amides is 1. The predicted molar refractivity (Wildman–Crippen MR) is 119 cm³/mol. The van der Waals surface area contributed by atoms with E-state index in [1.54, 1.807) is 7.05 Å². The first kappa shape index (κ1) is 24.3. The number of carbonyl (C=O) groups is 2. The number of nitrogens with zero attached hydrogens (tertiary/aromatic N) is 3. The van der Waals surface area contributed by atoms with Gasteiger partial charge in [-0.05, 0) is 38.4 Å². The molecule has 0 saturated carbocycles. The molecule has 6 nitrogen and oxygen atoms in total. The van der Waals surface area contributed by atoms with Crippen LogP contribution in [0.2, 0.25) is 5.02 Å². The zero-order valence-corrected chi connectivity index (χ0v) is 19.6. The molecule has 0 spiro atoms. The zero-order chi connectivity index (χ0) is 23.6. The van der Waals surface area contributed by atoms with Crippen LogP contribution in [0.5, 0.6) is 0 Å². The Morgan fingerprint density at radius 1 is 1.22 bits per heavy atom. The van der Waals surface area contributed by atoms with Crippen LogP contribution in [-0.4, -0.2) is 46.8 Å². The Kier molecular flexibility index (Phi) is 7.67. The van der Waals surface area contributed by atoms with Crippen molar-refractivity contribution in [2.45, 2.75) is 46.2 Å². The fourth-order valence-corrected chi connectivity index (χ4v) is 4.38. The zero-order valence-electron chi connectivity index (χ0n) is 18.8. The lowest BCUT2D eigenvalue weighted by atomic mass is 9.90. The molecule has 0 radical (unpaired) electrons. The monoisotopic (exact) mass is 466 g/mol. The van der Waals surface area contributed by atoms with Crippen molar-refractivity contribution in [3.8, 4) is 11.4 Å². The second kappa shape index (κ2) is 10.1. The summed E-state index contributed by atoms with van der Waals surface area (Å²) in [6.45, 7) is 5.79. The van der Waals surface area contributed by atoms with Gasteiger partial charge in [0, 0.05) is 38.5 Å². The van der Waals surface area contributed by atoms with Crippen molar-refractivity contribution >= 4 is 23.3 Å². The molecule has 0 aliphatic carbocycles. The molecule has 2 aromatic rings. The number of rotatable bonds is 7. The van der Waals surface area contributed by atoms with Crippen LogP contribution in [-0.2, 0) is 17.9 Å². The summed E-state index contributed by atoms with van der Waals surface area (Å²) in [4.78, 5) is 32.3. The van der Waals surface area contributed by atoms with Gasteiger partial charge in [-0.3, -0.25) is 9.59 Å². The van der Waals surface area contributed by atoms with Gasteiger partial charge in [-0.15, -0.1) is 0 Å². The lowest BCUT2D eigenvalue weighted by Crippen LogP contribution is -2.30. The number of fused-ring (bicyclic) bond motifs is 1. The smallest absolute Gasteiger partial charge is 0.223 e. The van der Waals surface area contributed by atoms with E-state index in [2.05, 4.69) is 15.2 Å². The van der Waals surface area contributed by atoms with Crippen molar-refractivity contribution in [3.63, 3.8) is 0 Å². The molecule has 2 heterocycles. The van der Waals surface area contributed by atoms with E-state index in [1.807, 2.05) is 25.5 Å². The Balaban J connectivity index is 2.07. The molecule has 1 N–H and O–H groups in total. The number of halogens is 3. The molecule has 0 saturated heterocycles. The number of hydrogen-bond acceptors (Lipinski definition) is 4. The minimum Gasteiger partial charge on any atom is -0.359 e. The topological polar surface area (TPSA) is 67.2 Å². The summed E-state index contributed by atoms with van der Waals surface area (Å²) in [5.41, 5.74) is 0.947. The fourth-order valence-electron chi connectivity index (χ4n) is 4.22. The third-order valence-corrected chi connectivity index (χ3v) is 6.02. The van der Waals surface area contributed by atoms with Crippen molar-refractivity contribution in [2.24, 2.45) is 11.8 Å². The van der Waals surface area contributed by atoms with Gasteiger partial charge in [0.1, 0.15) is 23.2 Å². The SMILES string of the molecule is CNC(=O)[C@@H](CC(=O)c1nc(-c2cc(Cl)c(F)cc2F)n2c1CN(C)CCC2)CC(C)C. The molecule has 1 amide bonds. The third-order valence-electron chi connectivity index (χ3n) is 5.73. The van der Waals surface area contributed by atoms with Crippen molar-refractivity contribution in [1.82, 2.24) is 19.8 Å². The highest BCUT2D eigenvalue weighted by molar-refractivity contribution is 6.31. The maximum absolute atomic E-state index is 14.7. The van der Waals surface area contributed by atoms with E-state index in [0.29, 0.717) is 25.2 Å². The molecule has 1 aliphatic heterocycles. The molecule has 0 fully saturated rings. The fraction of sp³-hybridized carbons (Fsp3) is 0.522. The molecule has 9 heteroatoms. The van der Waals surface area contributed by atoms with Gasteiger partial charge >= 0.3 is 0 Å². The molecular weight excluding hydrogens is 438 g/mol. The minimum absolute atomic E-state index is 0.0116. The summed E-state index contributed by atoms with van der Waals surface area (Å²) in [5.74, 6) is -2.09. The van der Waals surface area contributed by atoms with Crippen LogP contribution in [0.15, 0.2) is 12.1 Å².